The fourth-order valence-corrected chi connectivity index (χ4v) is 7.24. The Morgan fingerprint density at radius 2 is 0.709 bits per heavy atom. The maximum atomic E-state index is 6.87. The number of furan rings is 1. The molecule has 3 heterocycles. The summed E-state index contributed by atoms with van der Waals surface area (Å²) in [6.45, 7) is 0. The van der Waals surface area contributed by atoms with E-state index in [1.54, 1.807) is 0 Å². The number of hydrogen-bond acceptors (Lipinski definition) is 5. The van der Waals surface area contributed by atoms with E-state index in [1.165, 1.54) is 0 Å². The second-order valence-electron chi connectivity index (χ2n) is 13.4. The average molecular weight is 705 g/mol. The van der Waals surface area contributed by atoms with E-state index < -0.39 is 0 Å². The SMILES string of the molecule is c1ccc(-c2nc(-c3ccccc3)nc(-c3ccc(-c4ccc(-c5nc6ccccc6c6oc(-c7ccccc7)c(-c7ccccc7)c56)cc4)cc3)n2)cc1. The van der Waals surface area contributed by atoms with Gasteiger partial charge in [-0.1, -0.05) is 182 Å². The first kappa shape index (κ1) is 32.2. The lowest BCUT2D eigenvalue weighted by molar-refractivity contribution is 0.636. The number of hydrogen-bond donors (Lipinski definition) is 0. The summed E-state index contributed by atoms with van der Waals surface area (Å²) in [5, 5.41) is 1.99. The van der Waals surface area contributed by atoms with Crippen LogP contribution in [-0.4, -0.2) is 19.9 Å². The molecule has 5 heteroatoms. The third-order valence-electron chi connectivity index (χ3n) is 9.96. The highest BCUT2D eigenvalue weighted by Gasteiger charge is 2.24. The number of rotatable bonds is 7. The third-order valence-corrected chi connectivity index (χ3v) is 9.96. The molecule has 10 rings (SSSR count). The van der Waals surface area contributed by atoms with Crippen molar-refractivity contribution < 1.29 is 4.42 Å². The number of fused-ring (bicyclic) bond motifs is 3. The minimum absolute atomic E-state index is 0.630. The van der Waals surface area contributed by atoms with Crippen LogP contribution in [0.2, 0.25) is 0 Å². The summed E-state index contributed by atoms with van der Waals surface area (Å²) in [6.07, 6.45) is 0. The van der Waals surface area contributed by atoms with Gasteiger partial charge >= 0.3 is 0 Å². The van der Waals surface area contributed by atoms with Crippen LogP contribution in [0.1, 0.15) is 0 Å². The van der Waals surface area contributed by atoms with Gasteiger partial charge in [0.2, 0.25) is 0 Å². The monoisotopic (exact) mass is 704 g/mol. The van der Waals surface area contributed by atoms with Crippen LogP contribution in [0.15, 0.2) is 199 Å². The Kier molecular flexibility index (Phi) is 8.08. The molecule has 3 aromatic heterocycles. The third kappa shape index (κ3) is 6.04. The Balaban J connectivity index is 1.05. The molecule has 0 aliphatic heterocycles. The van der Waals surface area contributed by atoms with E-state index in [4.69, 9.17) is 24.4 Å². The van der Waals surface area contributed by atoms with E-state index in [0.29, 0.717) is 17.5 Å². The molecule has 0 fully saturated rings. The number of para-hydroxylation sites is 1. The molecule has 0 atom stereocenters. The molecule has 0 unspecified atom stereocenters. The second kappa shape index (κ2) is 13.8. The highest BCUT2D eigenvalue weighted by Crippen LogP contribution is 2.46. The molecular weight excluding hydrogens is 673 g/mol. The van der Waals surface area contributed by atoms with Crippen molar-refractivity contribution in [1.29, 1.82) is 0 Å². The molecule has 10 aromatic rings. The van der Waals surface area contributed by atoms with Crippen molar-refractivity contribution in [3.8, 4) is 79.0 Å². The van der Waals surface area contributed by atoms with E-state index in [-0.39, 0.29) is 0 Å². The summed E-state index contributed by atoms with van der Waals surface area (Å²) in [5.74, 6) is 2.75. The summed E-state index contributed by atoms with van der Waals surface area (Å²) >= 11 is 0. The van der Waals surface area contributed by atoms with Gasteiger partial charge in [0.1, 0.15) is 11.3 Å². The Labute approximate surface area is 318 Å². The molecule has 7 aromatic carbocycles. The van der Waals surface area contributed by atoms with Crippen LogP contribution in [0.3, 0.4) is 0 Å². The topological polar surface area (TPSA) is 64.7 Å². The first-order valence-corrected chi connectivity index (χ1v) is 18.3. The van der Waals surface area contributed by atoms with Crippen molar-refractivity contribution in [2.24, 2.45) is 0 Å². The summed E-state index contributed by atoms with van der Waals surface area (Å²) in [5.41, 5.74) is 11.8. The van der Waals surface area contributed by atoms with Gasteiger partial charge in [-0.05, 0) is 28.8 Å². The van der Waals surface area contributed by atoms with Crippen molar-refractivity contribution in [2.45, 2.75) is 0 Å². The number of aromatic nitrogens is 4. The van der Waals surface area contributed by atoms with Crippen LogP contribution in [-0.2, 0) is 0 Å². The van der Waals surface area contributed by atoms with Gasteiger partial charge in [0.25, 0.3) is 0 Å². The minimum Gasteiger partial charge on any atom is -0.455 e. The van der Waals surface area contributed by atoms with Gasteiger partial charge in [-0.2, -0.15) is 0 Å². The van der Waals surface area contributed by atoms with Crippen LogP contribution >= 0.6 is 0 Å². The first-order chi connectivity index (χ1) is 27.3. The van der Waals surface area contributed by atoms with Crippen molar-refractivity contribution >= 4 is 21.9 Å². The molecule has 0 aliphatic rings. The van der Waals surface area contributed by atoms with E-state index in [9.17, 15) is 0 Å². The Hall–Kier alpha value is -7.50. The average Bonchev–Trinajstić information content (AvgIpc) is 3.69. The van der Waals surface area contributed by atoms with Crippen LogP contribution < -0.4 is 0 Å². The zero-order chi connectivity index (χ0) is 36.6. The lowest BCUT2D eigenvalue weighted by Crippen LogP contribution is -2.00. The molecule has 0 saturated heterocycles. The maximum Gasteiger partial charge on any atom is 0.164 e. The standard InChI is InChI=1S/C50H32N4O/c1-5-15-35(16-6-1)43-44-45(51-42-24-14-13-23-41(42)47(44)55-46(43)37-17-7-2-8-18-37)36-29-25-33(26-30-36)34-27-31-40(32-28-34)50-53-48(38-19-9-3-10-20-38)52-49(54-50)39-21-11-4-12-22-39/h1-32H. The van der Waals surface area contributed by atoms with Gasteiger partial charge in [-0.15, -0.1) is 0 Å². The maximum absolute atomic E-state index is 6.87. The molecule has 0 saturated carbocycles. The summed E-state index contributed by atoms with van der Waals surface area (Å²) in [7, 11) is 0. The Bertz CT molecular complexity index is 2870. The van der Waals surface area contributed by atoms with Crippen molar-refractivity contribution in [3.63, 3.8) is 0 Å². The van der Waals surface area contributed by atoms with E-state index >= 15 is 0 Å². The Morgan fingerprint density at radius 3 is 1.24 bits per heavy atom. The normalized spacial score (nSPS) is 11.3. The van der Waals surface area contributed by atoms with Crippen molar-refractivity contribution in [1.82, 2.24) is 19.9 Å². The van der Waals surface area contributed by atoms with Gasteiger partial charge in [-0.25, -0.2) is 19.9 Å². The number of benzene rings is 7. The van der Waals surface area contributed by atoms with Crippen LogP contribution in [0.5, 0.6) is 0 Å². The highest BCUT2D eigenvalue weighted by atomic mass is 16.3. The fourth-order valence-electron chi connectivity index (χ4n) is 7.24. The van der Waals surface area contributed by atoms with E-state index in [1.807, 2.05) is 97.1 Å². The molecule has 0 amide bonds. The van der Waals surface area contributed by atoms with Crippen molar-refractivity contribution in [3.05, 3.63) is 194 Å². The minimum atomic E-state index is 0.630. The molecule has 0 N–H and O–H groups in total. The molecule has 0 radical (unpaired) electrons. The molecule has 0 spiro atoms. The van der Waals surface area contributed by atoms with E-state index in [0.717, 1.165) is 83.4 Å². The van der Waals surface area contributed by atoms with E-state index in [2.05, 4.69) is 97.1 Å². The van der Waals surface area contributed by atoms with Crippen molar-refractivity contribution in [2.75, 3.05) is 0 Å². The fraction of sp³-hybridized carbons (Fsp3) is 0. The van der Waals surface area contributed by atoms with Gasteiger partial charge < -0.3 is 4.42 Å². The smallest absolute Gasteiger partial charge is 0.164 e. The summed E-state index contributed by atoms with van der Waals surface area (Å²) in [4.78, 5) is 19.9. The summed E-state index contributed by atoms with van der Waals surface area (Å²) in [6, 6.07) is 66.2. The summed E-state index contributed by atoms with van der Waals surface area (Å²) < 4.78 is 6.87. The van der Waals surface area contributed by atoms with Crippen LogP contribution in [0.25, 0.3) is 101 Å². The molecule has 5 nitrogen and oxygen atoms in total. The number of nitrogens with zero attached hydrogens (tertiary/aromatic N) is 4. The lowest BCUT2D eigenvalue weighted by atomic mass is 9.94. The van der Waals surface area contributed by atoms with Crippen LogP contribution in [0, 0.1) is 0 Å². The highest BCUT2D eigenvalue weighted by molar-refractivity contribution is 6.16. The van der Waals surface area contributed by atoms with Gasteiger partial charge in [0.05, 0.1) is 16.6 Å². The van der Waals surface area contributed by atoms with Gasteiger partial charge in [0, 0.05) is 38.8 Å². The zero-order valence-corrected chi connectivity index (χ0v) is 29.7. The number of pyridine rings is 1. The molecular formula is C50H32N4O. The first-order valence-electron chi connectivity index (χ1n) is 18.3. The largest absolute Gasteiger partial charge is 0.455 e. The predicted molar refractivity (Wildman–Crippen MR) is 223 cm³/mol. The molecule has 258 valence electrons. The van der Waals surface area contributed by atoms with Gasteiger partial charge in [0.15, 0.2) is 17.5 Å². The quantitative estimate of drug-likeness (QED) is 0.165. The predicted octanol–water partition coefficient (Wildman–Crippen LogP) is 12.8. The second-order valence-corrected chi connectivity index (χ2v) is 13.4. The lowest BCUT2D eigenvalue weighted by Gasteiger charge is -2.11. The Morgan fingerprint density at radius 1 is 0.309 bits per heavy atom. The van der Waals surface area contributed by atoms with Gasteiger partial charge in [-0.3, -0.25) is 0 Å². The van der Waals surface area contributed by atoms with Crippen LogP contribution in [0.4, 0.5) is 0 Å². The molecule has 0 bridgehead atoms. The molecule has 55 heavy (non-hydrogen) atoms. The molecule has 0 aliphatic carbocycles. The zero-order valence-electron chi connectivity index (χ0n) is 29.7.